The summed E-state index contributed by atoms with van der Waals surface area (Å²) < 4.78 is 10.6. The molecule has 1 saturated carbocycles. The lowest BCUT2D eigenvalue weighted by molar-refractivity contribution is -0.130. The van der Waals surface area contributed by atoms with Crippen LogP contribution in [0.3, 0.4) is 0 Å². The van der Waals surface area contributed by atoms with Gasteiger partial charge in [0.1, 0.15) is 5.75 Å². The van der Waals surface area contributed by atoms with Gasteiger partial charge in [0.15, 0.2) is 5.82 Å². The number of hydrogen-bond acceptors (Lipinski definition) is 5. The molecule has 0 unspecified atom stereocenters. The second kappa shape index (κ2) is 6.86. The summed E-state index contributed by atoms with van der Waals surface area (Å²) in [4.78, 5) is 19.0. The molecule has 1 atom stereocenters. The van der Waals surface area contributed by atoms with Crippen LogP contribution in [0, 0.1) is 0 Å². The Morgan fingerprint density at radius 2 is 1.92 bits per heavy atom. The molecule has 4 rings (SSSR count). The highest BCUT2D eigenvalue weighted by Crippen LogP contribution is 2.33. The van der Waals surface area contributed by atoms with E-state index in [1.54, 1.807) is 7.11 Å². The summed E-state index contributed by atoms with van der Waals surface area (Å²) in [6.45, 7) is 0.713. The van der Waals surface area contributed by atoms with E-state index in [4.69, 9.17) is 9.26 Å². The number of amides is 1. The molecule has 2 fully saturated rings. The van der Waals surface area contributed by atoms with Crippen molar-refractivity contribution in [3.63, 3.8) is 0 Å². The molecule has 0 bridgehead atoms. The third-order valence-corrected chi connectivity index (χ3v) is 5.32. The minimum Gasteiger partial charge on any atom is -0.497 e. The van der Waals surface area contributed by atoms with E-state index < -0.39 is 0 Å². The van der Waals surface area contributed by atoms with E-state index in [0.717, 1.165) is 24.2 Å². The molecule has 132 valence electrons. The largest absolute Gasteiger partial charge is 0.497 e. The Kier molecular flexibility index (Phi) is 4.42. The van der Waals surface area contributed by atoms with Crippen LogP contribution in [0.15, 0.2) is 28.8 Å². The number of hydrogen-bond donors (Lipinski definition) is 0. The first-order valence-electron chi connectivity index (χ1n) is 9.02. The van der Waals surface area contributed by atoms with E-state index >= 15 is 0 Å². The molecular weight excluding hydrogens is 318 g/mol. The molecule has 0 radical (unpaired) electrons. The first kappa shape index (κ1) is 16.1. The first-order valence-corrected chi connectivity index (χ1v) is 9.02. The second-order valence-electron chi connectivity index (χ2n) is 6.93. The van der Waals surface area contributed by atoms with E-state index in [-0.39, 0.29) is 11.8 Å². The minimum absolute atomic E-state index is 0.0326. The Balaban J connectivity index is 1.47. The maximum Gasteiger partial charge on any atom is 0.257 e. The van der Waals surface area contributed by atoms with Crippen LogP contribution in [0.25, 0.3) is 11.5 Å². The van der Waals surface area contributed by atoms with E-state index in [1.165, 1.54) is 19.3 Å². The number of aromatic nitrogens is 2. The lowest BCUT2D eigenvalue weighted by Gasteiger charge is -2.31. The maximum atomic E-state index is 12.4. The van der Waals surface area contributed by atoms with Crippen molar-refractivity contribution >= 4 is 5.91 Å². The van der Waals surface area contributed by atoms with Gasteiger partial charge in [-0.3, -0.25) is 4.79 Å². The first-order chi connectivity index (χ1) is 12.2. The molecule has 1 saturated heterocycles. The summed E-state index contributed by atoms with van der Waals surface area (Å²) in [7, 11) is 1.63. The Hall–Kier alpha value is -2.37. The predicted octanol–water partition coefficient (Wildman–Crippen LogP) is 3.39. The van der Waals surface area contributed by atoms with Crippen LogP contribution >= 0.6 is 0 Å². The van der Waals surface area contributed by atoms with Gasteiger partial charge < -0.3 is 14.2 Å². The number of nitrogens with zero attached hydrogens (tertiary/aromatic N) is 3. The van der Waals surface area contributed by atoms with Crippen LogP contribution in [0.4, 0.5) is 0 Å². The fourth-order valence-electron chi connectivity index (χ4n) is 3.90. The van der Waals surface area contributed by atoms with Gasteiger partial charge in [0.25, 0.3) is 5.89 Å². The highest BCUT2D eigenvalue weighted by Gasteiger charge is 2.37. The molecule has 25 heavy (non-hydrogen) atoms. The van der Waals surface area contributed by atoms with Gasteiger partial charge in [-0.15, -0.1) is 0 Å². The molecule has 0 N–H and O–H groups in total. The molecule has 6 heteroatoms. The van der Waals surface area contributed by atoms with Crippen molar-refractivity contribution in [2.75, 3.05) is 13.7 Å². The van der Waals surface area contributed by atoms with Crippen LogP contribution in [-0.2, 0) is 4.79 Å². The average molecular weight is 341 g/mol. The number of likely N-dealkylation sites (tertiary alicyclic amines) is 1. The lowest BCUT2D eigenvalue weighted by atomic mass is 9.94. The number of ether oxygens (including phenoxy) is 1. The van der Waals surface area contributed by atoms with Crippen LogP contribution in [0.5, 0.6) is 5.75 Å². The number of benzene rings is 1. The molecule has 2 heterocycles. The van der Waals surface area contributed by atoms with Gasteiger partial charge in [-0.1, -0.05) is 24.4 Å². The van der Waals surface area contributed by atoms with E-state index in [1.807, 2.05) is 29.2 Å². The van der Waals surface area contributed by atoms with Gasteiger partial charge in [0.05, 0.1) is 7.11 Å². The zero-order valence-corrected chi connectivity index (χ0v) is 14.5. The van der Waals surface area contributed by atoms with Gasteiger partial charge in [-0.05, 0) is 37.1 Å². The average Bonchev–Trinajstić information content (AvgIpc) is 3.29. The van der Waals surface area contributed by atoms with Crippen LogP contribution in [-0.4, -0.2) is 40.6 Å². The standard InChI is InChI=1S/C19H23N3O3/c1-24-16-9-7-13(8-10-16)19-20-18(21-25-19)14-11-17(23)22(12-14)15-5-3-2-4-6-15/h7-10,14-15H,2-6,11-12H2,1H3/t14-/m1/s1. The third kappa shape index (κ3) is 3.25. The summed E-state index contributed by atoms with van der Waals surface area (Å²) in [5.74, 6) is 2.17. The van der Waals surface area contributed by atoms with Gasteiger partial charge in [0.2, 0.25) is 5.91 Å². The zero-order valence-electron chi connectivity index (χ0n) is 14.5. The molecule has 2 aromatic rings. The molecule has 6 nitrogen and oxygen atoms in total. The molecule has 2 aliphatic rings. The molecule has 1 aliphatic carbocycles. The lowest BCUT2D eigenvalue weighted by Crippen LogP contribution is -2.37. The van der Waals surface area contributed by atoms with Crippen molar-refractivity contribution in [1.82, 2.24) is 15.0 Å². The highest BCUT2D eigenvalue weighted by atomic mass is 16.5. The Morgan fingerprint density at radius 1 is 1.16 bits per heavy atom. The Labute approximate surface area is 147 Å². The minimum atomic E-state index is 0.0326. The van der Waals surface area contributed by atoms with Crippen molar-refractivity contribution in [2.45, 2.75) is 50.5 Å². The number of methoxy groups -OCH3 is 1. The second-order valence-corrected chi connectivity index (χ2v) is 6.93. The number of carbonyl (C=O) groups is 1. The van der Waals surface area contributed by atoms with Crippen molar-refractivity contribution in [3.05, 3.63) is 30.1 Å². The maximum absolute atomic E-state index is 12.4. The van der Waals surface area contributed by atoms with E-state index in [0.29, 0.717) is 30.7 Å². The Morgan fingerprint density at radius 3 is 2.64 bits per heavy atom. The molecule has 1 aliphatic heterocycles. The van der Waals surface area contributed by atoms with Crippen LogP contribution in [0.2, 0.25) is 0 Å². The number of rotatable bonds is 4. The number of carbonyl (C=O) groups excluding carboxylic acids is 1. The molecule has 1 aromatic carbocycles. The van der Waals surface area contributed by atoms with Gasteiger partial charge in [-0.25, -0.2) is 0 Å². The monoisotopic (exact) mass is 341 g/mol. The smallest absolute Gasteiger partial charge is 0.257 e. The van der Waals surface area contributed by atoms with Gasteiger partial charge in [-0.2, -0.15) is 4.98 Å². The quantitative estimate of drug-likeness (QED) is 0.852. The van der Waals surface area contributed by atoms with Crippen molar-refractivity contribution < 1.29 is 14.1 Å². The molecule has 0 spiro atoms. The van der Waals surface area contributed by atoms with E-state index in [2.05, 4.69) is 10.1 Å². The fourth-order valence-corrected chi connectivity index (χ4v) is 3.90. The highest BCUT2D eigenvalue weighted by molar-refractivity contribution is 5.80. The Bertz CT molecular complexity index is 735. The van der Waals surface area contributed by atoms with Crippen LogP contribution in [0.1, 0.15) is 50.3 Å². The molecular formula is C19H23N3O3. The van der Waals surface area contributed by atoms with Crippen molar-refractivity contribution in [1.29, 1.82) is 0 Å². The third-order valence-electron chi connectivity index (χ3n) is 5.32. The topological polar surface area (TPSA) is 68.5 Å². The van der Waals surface area contributed by atoms with Crippen molar-refractivity contribution in [2.24, 2.45) is 0 Å². The summed E-state index contributed by atoms with van der Waals surface area (Å²) in [5.41, 5.74) is 0.855. The SMILES string of the molecule is COc1ccc(-c2nc([C@@H]3CC(=O)N(C4CCCCC4)C3)no2)cc1. The summed E-state index contributed by atoms with van der Waals surface area (Å²) in [5, 5.41) is 4.13. The predicted molar refractivity (Wildman–Crippen MR) is 92.2 cm³/mol. The normalized spacial score (nSPS) is 21.7. The van der Waals surface area contributed by atoms with E-state index in [9.17, 15) is 4.79 Å². The molecule has 1 aromatic heterocycles. The summed E-state index contributed by atoms with van der Waals surface area (Å²) in [6, 6.07) is 7.92. The fraction of sp³-hybridized carbons (Fsp3) is 0.526. The summed E-state index contributed by atoms with van der Waals surface area (Å²) in [6.07, 6.45) is 6.48. The zero-order chi connectivity index (χ0) is 17.2. The van der Waals surface area contributed by atoms with Crippen LogP contribution < -0.4 is 4.74 Å². The van der Waals surface area contributed by atoms with Gasteiger partial charge >= 0.3 is 0 Å². The van der Waals surface area contributed by atoms with Gasteiger partial charge in [0, 0.05) is 30.5 Å². The van der Waals surface area contributed by atoms with Crippen molar-refractivity contribution in [3.8, 4) is 17.2 Å². The summed E-state index contributed by atoms with van der Waals surface area (Å²) >= 11 is 0. The molecule has 1 amide bonds.